The Morgan fingerprint density at radius 3 is 2.71 bits per heavy atom. The Bertz CT molecular complexity index is 473. The van der Waals surface area contributed by atoms with Crippen LogP contribution in [0, 0.1) is 0 Å². The van der Waals surface area contributed by atoms with Crippen molar-refractivity contribution in [3.05, 3.63) is 23.8 Å². The van der Waals surface area contributed by atoms with Crippen molar-refractivity contribution in [3.63, 3.8) is 0 Å². The maximum atomic E-state index is 10.1. The molecule has 21 heavy (non-hydrogen) atoms. The van der Waals surface area contributed by atoms with Crippen LogP contribution >= 0.6 is 0 Å². The summed E-state index contributed by atoms with van der Waals surface area (Å²) in [6.07, 6.45) is 6.08. The third kappa shape index (κ3) is 3.89. The standard InChI is InChI=1S/C17H25NO3/c1-20-14-9-6-12(11-18-13-7-8-13)17(10-14)21-16-5-3-2-4-15(16)19/h6,9-10,13,15-16,18-19H,2-5,7-8,11H2,1H3. The first-order valence-corrected chi connectivity index (χ1v) is 8.01. The third-order valence-corrected chi connectivity index (χ3v) is 4.38. The highest BCUT2D eigenvalue weighted by Gasteiger charge is 2.26. The van der Waals surface area contributed by atoms with Gasteiger partial charge in [-0.1, -0.05) is 12.5 Å². The van der Waals surface area contributed by atoms with E-state index in [-0.39, 0.29) is 12.2 Å². The van der Waals surface area contributed by atoms with Crippen LogP contribution in [0.5, 0.6) is 11.5 Å². The van der Waals surface area contributed by atoms with Gasteiger partial charge >= 0.3 is 0 Å². The number of hydrogen-bond donors (Lipinski definition) is 2. The summed E-state index contributed by atoms with van der Waals surface area (Å²) in [5, 5.41) is 13.6. The Balaban J connectivity index is 1.72. The van der Waals surface area contributed by atoms with Gasteiger partial charge in [0.1, 0.15) is 17.6 Å². The van der Waals surface area contributed by atoms with Crippen molar-refractivity contribution in [1.82, 2.24) is 5.32 Å². The normalized spacial score (nSPS) is 25.6. The molecule has 0 spiro atoms. The number of nitrogens with one attached hydrogen (secondary N) is 1. The molecule has 2 unspecified atom stereocenters. The monoisotopic (exact) mass is 291 g/mol. The van der Waals surface area contributed by atoms with Gasteiger partial charge in [-0.2, -0.15) is 0 Å². The number of rotatable bonds is 6. The molecule has 2 aliphatic carbocycles. The van der Waals surface area contributed by atoms with Crippen LogP contribution in [0.4, 0.5) is 0 Å². The summed E-state index contributed by atoms with van der Waals surface area (Å²) in [5.41, 5.74) is 1.14. The minimum Gasteiger partial charge on any atom is -0.497 e. The molecule has 4 nitrogen and oxygen atoms in total. The summed E-state index contributed by atoms with van der Waals surface area (Å²) in [4.78, 5) is 0. The van der Waals surface area contributed by atoms with Gasteiger partial charge in [0.2, 0.25) is 0 Å². The maximum absolute atomic E-state index is 10.1. The molecule has 0 heterocycles. The molecule has 0 bridgehead atoms. The van der Waals surface area contributed by atoms with Gasteiger partial charge in [-0.15, -0.1) is 0 Å². The van der Waals surface area contributed by atoms with Crippen LogP contribution in [0.2, 0.25) is 0 Å². The molecule has 1 aromatic carbocycles. The van der Waals surface area contributed by atoms with Gasteiger partial charge in [0.15, 0.2) is 0 Å². The van der Waals surface area contributed by atoms with Crippen molar-refractivity contribution >= 4 is 0 Å². The van der Waals surface area contributed by atoms with Crippen molar-refractivity contribution in [2.75, 3.05) is 7.11 Å². The zero-order chi connectivity index (χ0) is 14.7. The molecule has 0 amide bonds. The molecule has 2 saturated carbocycles. The van der Waals surface area contributed by atoms with Crippen LogP contribution in [-0.4, -0.2) is 30.5 Å². The Kier molecular flexibility index (Phi) is 4.66. The summed E-state index contributed by atoms with van der Waals surface area (Å²) in [6, 6.07) is 6.62. The van der Waals surface area contributed by atoms with E-state index in [1.165, 1.54) is 12.8 Å². The number of ether oxygens (including phenoxy) is 2. The molecule has 0 aliphatic heterocycles. The number of benzene rings is 1. The second-order valence-electron chi connectivity index (χ2n) is 6.14. The minimum atomic E-state index is -0.353. The molecule has 2 N–H and O–H groups in total. The highest BCUT2D eigenvalue weighted by molar-refractivity contribution is 5.41. The van der Waals surface area contributed by atoms with Gasteiger partial charge in [-0.25, -0.2) is 0 Å². The van der Waals surface area contributed by atoms with Crippen LogP contribution in [-0.2, 0) is 6.54 Å². The van der Waals surface area contributed by atoms with Gasteiger partial charge in [0.25, 0.3) is 0 Å². The van der Waals surface area contributed by atoms with Gasteiger partial charge < -0.3 is 19.9 Å². The molecule has 4 heteroatoms. The molecule has 2 fully saturated rings. The summed E-state index contributed by atoms with van der Waals surface area (Å²) < 4.78 is 11.4. The van der Waals surface area contributed by atoms with E-state index < -0.39 is 0 Å². The lowest BCUT2D eigenvalue weighted by Crippen LogP contribution is -2.35. The first-order chi connectivity index (χ1) is 10.3. The average molecular weight is 291 g/mol. The topological polar surface area (TPSA) is 50.7 Å². The van der Waals surface area contributed by atoms with Crippen molar-refractivity contribution in [3.8, 4) is 11.5 Å². The van der Waals surface area contributed by atoms with E-state index in [0.29, 0.717) is 6.04 Å². The zero-order valence-corrected chi connectivity index (χ0v) is 12.7. The number of aliphatic hydroxyl groups is 1. The van der Waals surface area contributed by atoms with Crippen LogP contribution in [0.3, 0.4) is 0 Å². The van der Waals surface area contributed by atoms with E-state index in [1.54, 1.807) is 7.11 Å². The van der Waals surface area contributed by atoms with E-state index in [2.05, 4.69) is 11.4 Å². The first kappa shape index (κ1) is 14.7. The molecule has 0 radical (unpaired) electrons. The Hall–Kier alpha value is -1.26. The fourth-order valence-corrected chi connectivity index (χ4v) is 2.84. The number of aliphatic hydroxyl groups excluding tert-OH is 1. The fourth-order valence-electron chi connectivity index (χ4n) is 2.84. The van der Waals surface area contributed by atoms with Gasteiger partial charge in [-0.3, -0.25) is 0 Å². The maximum Gasteiger partial charge on any atom is 0.128 e. The van der Waals surface area contributed by atoms with Crippen molar-refractivity contribution < 1.29 is 14.6 Å². The largest absolute Gasteiger partial charge is 0.497 e. The molecule has 2 atom stereocenters. The average Bonchev–Trinajstić information content (AvgIpc) is 3.32. The van der Waals surface area contributed by atoms with Crippen molar-refractivity contribution in [2.45, 2.75) is 63.3 Å². The smallest absolute Gasteiger partial charge is 0.128 e. The lowest BCUT2D eigenvalue weighted by Gasteiger charge is -2.29. The van der Waals surface area contributed by atoms with E-state index >= 15 is 0 Å². The van der Waals surface area contributed by atoms with Crippen molar-refractivity contribution in [2.24, 2.45) is 0 Å². The molecule has 3 rings (SSSR count). The number of hydrogen-bond acceptors (Lipinski definition) is 4. The van der Waals surface area contributed by atoms with Crippen LogP contribution < -0.4 is 14.8 Å². The SMILES string of the molecule is COc1ccc(CNC2CC2)c(OC2CCCCC2O)c1. The predicted octanol–water partition coefficient (Wildman–Crippen LogP) is 2.63. The van der Waals surface area contributed by atoms with Crippen LogP contribution in [0.15, 0.2) is 18.2 Å². The zero-order valence-electron chi connectivity index (χ0n) is 12.7. The molecule has 0 aromatic heterocycles. The van der Waals surface area contributed by atoms with E-state index in [1.807, 2.05) is 12.1 Å². The number of methoxy groups -OCH3 is 1. The lowest BCUT2D eigenvalue weighted by molar-refractivity contribution is 0.00626. The predicted molar refractivity (Wildman–Crippen MR) is 81.7 cm³/mol. The van der Waals surface area contributed by atoms with E-state index in [4.69, 9.17) is 9.47 Å². The quantitative estimate of drug-likeness (QED) is 0.846. The highest BCUT2D eigenvalue weighted by Crippen LogP contribution is 2.30. The first-order valence-electron chi connectivity index (χ1n) is 8.01. The summed E-state index contributed by atoms with van der Waals surface area (Å²) in [6.45, 7) is 0.812. The molecular weight excluding hydrogens is 266 g/mol. The molecular formula is C17H25NO3. The molecule has 0 saturated heterocycles. The Morgan fingerprint density at radius 2 is 2.00 bits per heavy atom. The second-order valence-corrected chi connectivity index (χ2v) is 6.14. The summed E-state index contributed by atoms with van der Waals surface area (Å²) in [7, 11) is 1.66. The van der Waals surface area contributed by atoms with Crippen LogP contribution in [0.1, 0.15) is 44.1 Å². The molecule has 2 aliphatic rings. The van der Waals surface area contributed by atoms with Gasteiger partial charge in [-0.05, 0) is 38.2 Å². The van der Waals surface area contributed by atoms with Gasteiger partial charge in [0, 0.05) is 24.2 Å². The van der Waals surface area contributed by atoms with Crippen molar-refractivity contribution in [1.29, 1.82) is 0 Å². The highest BCUT2D eigenvalue weighted by atomic mass is 16.5. The van der Waals surface area contributed by atoms with Gasteiger partial charge in [0.05, 0.1) is 13.2 Å². The summed E-state index contributed by atoms with van der Waals surface area (Å²) >= 11 is 0. The van der Waals surface area contributed by atoms with E-state index in [0.717, 1.165) is 49.3 Å². The van der Waals surface area contributed by atoms with Crippen LogP contribution in [0.25, 0.3) is 0 Å². The Morgan fingerprint density at radius 1 is 1.19 bits per heavy atom. The second kappa shape index (κ2) is 6.67. The minimum absolute atomic E-state index is 0.0921. The summed E-state index contributed by atoms with van der Waals surface area (Å²) in [5.74, 6) is 1.64. The third-order valence-electron chi connectivity index (χ3n) is 4.38. The fraction of sp³-hybridized carbons (Fsp3) is 0.647. The lowest BCUT2D eigenvalue weighted by atomic mass is 9.95. The Labute approximate surface area is 126 Å². The van der Waals surface area contributed by atoms with E-state index in [9.17, 15) is 5.11 Å². The molecule has 1 aromatic rings. The molecule has 116 valence electrons.